The largest absolute Gasteiger partial charge is 0.325 e. The minimum Gasteiger partial charge on any atom is -0.325 e. The highest BCUT2D eigenvalue weighted by molar-refractivity contribution is 7.89. The lowest BCUT2D eigenvalue weighted by atomic mass is 10.1. The van der Waals surface area contributed by atoms with E-state index in [0.29, 0.717) is 16.8 Å². The second-order valence-electron chi connectivity index (χ2n) is 6.03. The summed E-state index contributed by atoms with van der Waals surface area (Å²) in [5.74, 6) is -0.846. The summed E-state index contributed by atoms with van der Waals surface area (Å²) >= 11 is 0. The fourth-order valence-corrected chi connectivity index (χ4v) is 3.47. The number of sulfonamides is 1. The molecule has 0 aliphatic carbocycles. The number of Topliss-reactive ketones (excluding diaryl/α,β-unsaturated/α-hetero) is 2. The van der Waals surface area contributed by atoms with Gasteiger partial charge in [-0.2, -0.15) is 4.31 Å². The van der Waals surface area contributed by atoms with Gasteiger partial charge in [-0.05, 0) is 38.1 Å². The van der Waals surface area contributed by atoms with Crippen LogP contribution in [0, 0.1) is 0 Å². The van der Waals surface area contributed by atoms with Gasteiger partial charge in [0, 0.05) is 23.9 Å². The minimum atomic E-state index is -3.88. The maximum absolute atomic E-state index is 12.6. The van der Waals surface area contributed by atoms with Crippen LogP contribution in [-0.4, -0.2) is 43.8 Å². The Morgan fingerprint density at radius 2 is 1.52 bits per heavy atom. The zero-order chi connectivity index (χ0) is 20.2. The van der Waals surface area contributed by atoms with Crippen LogP contribution in [0.4, 0.5) is 5.69 Å². The number of ketones is 2. The number of amides is 1. The highest BCUT2D eigenvalue weighted by Crippen LogP contribution is 2.16. The summed E-state index contributed by atoms with van der Waals surface area (Å²) < 4.78 is 26.0. The quantitative estimate of drug-likeness (QED) is 0.734. The molecule has 0 aliphatic rings. The predicted octanol–water partition coefficient (Wildman–Crippen LogP) is 2.35. The van der Waals surface area contributed by atoms with E-state index < -0.39 is 22.5 Å². The number of carbonyl (C=O) groups excluding carboxylic acids is 3. The summed E-state index contributed by atoms with van der Waals surface area (Å²) in [5, 5.41) is 2.57. The lowest BCUT2D eigenvalue weighted by Gasteiger charge is -2.17. The molecular formula is C19H20N2O5S. The van der Waals surface area contributed by atoms with E-state index in [-0.39, 0.29) is 16.5 Å². The Morgan fingerprint density at radius 1 is 0.926 bits per heavy atom. The fourth-order valence-electron chi connectivity index (χ4n) is 2.35. The SMILES string of the molecule is CC(=O)c1ccc(S(=O)(=O)N(C)CC(=O)Nc2cccc(C(C)=O)c2)cc1. The molecule has 0 fully saturated rings. The van der Waals surface area contributed by atoms with Crippen LogP contribution < -0.4 is 5.32 Å². The minimum absolute atomic E-state index is 0.0126. The summed E-state index contributed by atoms with van der Waals surface area (Å²) in [6.45, 7) is 2.40. The lowest BCUT2D eigenvalue weighted by molar-refractivity contribution is -0.116. The number of nitrogens with zero attached hydrogens (tertiary/aromatic N) is 1. The molecular weight excluding hydrogens is 368 g/mol. The molecule has 0 aliphatic heterocycles. The van der Waals surface area contributed by atoms with E-state index in [1.54, 1.807) is 18.2 Å². The Kier molecular flexibility index (Phi) is 6.24. The smallest absolute Gasteiger partial charge is 0.243 e. The van der Waals surface area contributed by atoms with Crippen LogP contribution in [0.3, 0.4) is 0 Å². The second kappa shape index (κ2) is 8.24. The molecule has 0 unspecified atom stereocenters. The molecule has 2 aromatic carbocycles. The van der Waals surface area contributed by atoms with Gasteiger partial charge >= 0.3 is 0 Å². The van der Waals surface area contributed by atoms with Gasteiger partial charge < -0.3 is 5.32 Å². The van der Waals surface area contributed by atoms with Crippen LogP contribution in [0.2, 0.25) is 0 Å². The van der Waals surface area contributed by atoms with Crippen molar-refractivity contribution in [3.8, 4) is 0 Å². The molecule has 0 radical (unpaired) electrons. The molecule has 2 aromatic rings. The molecule has 142 valence electrons. The standard InChI is InChI=1S/C19H20N2O5S/c1-13(22)15-7-9-18(10-8-15)27(25,26)21(3)12-19(24)20-17-6-4-5-16(11-17)14(2)23/h4-11H,12H2,1-3H3,(H,20,24). The summed E-state index contributed by atoms with van der Waals surface area (Å²) in [6.07, 6.45) is 0. The van der Waals surface area contributed by atoms with Gasteiger partial charge in [0.2, 0.25) is 15.9 Å². The third-order valence-electron chi connectivity index (χ3n) is 3.89. The average Bonchev–Trinajstić information content (AvgIpc) is 2.61. The maximum Gasteiger partial charge on any atom is 0.243 e. The Hall–Kier alpha value is -2.84. The molecule has 0 saturated heterocycles. The van der Waals surface area contributed by atoms with Gasteiger partial charge in [-0.1, -0.05) is 24.3 Å². The maximum atomic E-state index is 12.6. The van der Waals surface area contributed by atoms with Crippen LogP contribution in [0.15, 0.2) is 53.4 Å². The molecule has 2 rings (SSSR count). The zero-order valence-corrected chi connectivity index (χ0v) is 16.0. The van der Waals surface area contributed by atoms with Gasteiger partial charge in [-0.3, -0.25) is 14.4 Å². The van der Waals surface area contributed by atoms with Crippen LogP contribution in [-0.2, 0) is 14.8 Å². The van der Waals surface area contributed by atoms with Gasteiger partial charge in [0.25, 0.3) is 0 Å². The molecule has 1 amide bonds. The number of nitrogens with one attached hydrogen (secondary N) is 1. The molecule has 0 atom stereocenters. The molecule has 0 saturated carbocycles. The molecule has 1 N–H and O–H groups in total. The van der Waals surface area contributed by atoms with Crippen molar-refractivity contribution in [3.63, 3.8) is 0 Å². The van der Waals surface area contributed by atoms with Crippen LogP contribution in [0.5, 0.6) is 0 Å². The number of hydrogen-bond acceptors (Lipinski definition) is 5. The number of likely N-dealkylation sites (N-methyl/N-ethyl adjacent to an activating group) is 1. The van der Waals surface area contributed by atoms with Gasteiger partial charge in [0.1, 0.15) is 0 Å². The van der Waals surface area contributed by atoms with Gasteiger partial charge in [0.05, 0.1) is 11.4 Å². The fraction of sp³-hybridized carbons (Fsp3) is 0.211. The first kappa shape index (κ1) is 20.5. The van der Waals surface area contributed by atoms with E-state index >= 15 is 0 Å². The van der Waals surface area contributed by atoms with Crippen molar-refractivity contribution in [3.05, 3.63) is 59.7 Å². The van der Waals surface area contributed by atoms with Crippen LogP contribution in [0.1, 0.15) is 34.6 Å². The molecule has 0 heterocycles. The van der Waals surface area contributed by atoms with E-state index in [0.717, 1.165) is 4.31 Å². The van der Waals surface area contributed by atoms with E-state index in [1.165, 1.54) is 51.2 Å². The Balaban J connectivity index is 2.09. The number of carbonyl (C=O) groups is 3. The summed E-state index contributed by atoms with van der Waals surface area (Å²) in [4.78, 5) is 34.9. The second-order valence-corrected chi connectivity index (χ2v) is 8.07. The number of benzene rings is 2. The first-order valence-corrected chi connectivity index (χ1v) is 9.53. The predicted molar refractivity (Wildman–Crippen MR) is 101 cm³/mol. The van der Waals surface area contributed by atoms with Gasteiger partial charge in [-0.15, -0.1) is 0 Å². The third kappa shape index (κ3) is 5.08. The van der Waals surface area contributed by atoms with Crippen molar-refractivity contribution < 1.29 is 22.8 Å². The van der Waals surface area contributed by atoms with Crippen molar-refractivity contribution in [1.82, 2.24) is 4.31 Å². The third-order valence-corrected chi connectivity index (χ3v) is 5.71. The molecule has 0 spiro atoms. The number of anilines is 1. The summed E-state index contributed by atoms with van der Waals surface area (Å²) in [7, 11) is -2.59. The Morgan fingerprint density at radius 3 is 2.07 bits per heavy atom. The van der Waals surface area contributed by atoms with Gasteiger partial charge in [0.15, 0.2) is 11.6 Å². The highest BCUT2D eigenvalue weighted by Gasteiger charge is 2.23. The van der Waals surface area contributed by atoms with Crippen molar-refractivity contribution >= 4 is 33.2 Å². The Labute approximate surface area is 158 Å². The normalized spacial score (nSPS) is 11.3. The number of rotatable bonds is 7. The van der Waals surface area contributed by atoms with Gasteiger partial charge in [-0.25, -0.2) is 8.42 Å². The van der Waals surface area contributed by atoms with E-state index in [2.05, 4.69) is 5.32 Å². The van der Waals surface area contributed by atoms with Crippen molar-refractivity contribution in [2.75, 3.05) is 18.9 Å². The molecule has 8 heteroatoms. The van der Waals surface area contributed by atoms with E-state index in [4.69, 9.17) is 0 Å². The Bertz CT molecular complexity index is 981. The first-order valence-electron chi connectivity index (χ1n) is 8.09. The molecule has 7 nitrogen and oxygen atoms in total. The monoisotopic (exact) mass is 388 g/mol. The topological polar surface area (TPSA) is 101 Å². The van der Waals surface area contributed by atoms with Crippen molar-refractivity contribution in [2.24, 2.45) is 0 Å². The van der Waals surface area contributed by atoms with Crippen molar-refractivity contribution in [2.45, 2.75) is 18.7 Å². The lowest BCUT2D eigenvalue weighted by Crippen LogP contribution is -2.35. The van der Waals surface area contributed by atoms with E-state index in [9.17, 15) is 22.8 Å². The van der Waals surface area contributed by atoms with Crippen LogP contribution >= 0.6 is 0 Å². The number of hydrogen-bond donors (Lipinski definition) is 1. The first-order chi connectivity index (χ1) is 12.6. The zero-order valence-electron chi connectivity index (χ0n) is 15.2. The van der Waals surface area contributed by atoms with Crippen LogP contribution in [0.25, 0.3) is 0 Å². The summed E-state index contributed by atoms with van der Waals surface area (Å²) in [5.41, 5.74) is 1.25. The van der Waals surface area contributed by atoms with E-state index in [1.807, 2.05) is 0 Å². The molecule has 27 heavy (non-hydrogen) atoms. The highest BCUT2D eigenvalue weighted by atomic mass is 32.2. The summed E-state index contributed by atoms with van der Waals surface area (Å²) in [6, 6.07) is 11.9. The van der Waals surface area contributed by atoms with Crippen molar-refractivity contribution in [1.29, 1.82) is 0 Å². The average molecular weight is 388 g/mol. The molecule has 0 aromatic heterocycles. The molecule has 0 bridgehead atoms.